The number of Topliss-reactive ketones (excluding diaryl/α,β-unsaturated/α-hetero) is 1. The minimum Gasteiger partial charge on any atom is -0.362 e. The van der Waals surface area contributed by atoms with Crippen molar-refractivity contribution < 1.29 is 9.59 Å². The fourth-order valence-electron chi connectivity index (χ4n) is 2.26. The van der Waals surface area contributed by atoms with Crippen LogP contribution in [0.2, 0.25) is 0 Å². The van der Waals surface area contributed by atoms with Gasteiger partial charge in [0.1, 0.15) is 0 Å². The summed E-state index contributed by atoms with van der Waals surface area (Å²) in [5, 5.41) is 2.79. The third-order valence-electron chi connectivity index (χ3n) is 3.09. The average molecular weight is 246 g/mol. The zero-order valence-electron chi connectivity index (χ0n) is 10.6. The molecular weight excluding hydrogens is 228 g/mol. The number of nitrogens with one attached hydrogen (secondary N) is 1. The highest BCUT2D eigenvalue weighted by molar-refractivity contribution is 6.02. The molecule has 1 amide bonds. The van der Waals surface area contributed by atoms with Crippen LogP contribution in [0.15, 0.2) is 24.3 Å². The standard InChI is InChI=1S/C14H18N2O2/c1-2-15-14(18)10-16-9-5-8-13(17)11-6-3-4-7-12(11)16/h3-4,6-7H,2,5,8-10H2,1H3,(H,15,18). The molecule has 0 aromatic heterocycles. The van der Waals surface area contributed by atoms with Crippen LogP contribution in [-0.2, 0) is 4.79 Å². The lowest BCUT2D eigenvalue weighted by Crippen LogP contribution is -2.37. The highest BCUT2D eigenvalue weighted by Gasteiger charge is 2.21. The van der Waals surface area contributed by atoms with Gasteiger partial charge in [-0.2, -0.15) is 0 Å². The highest BCUT2D eigenvalue weighted by atomic mass is 16.2. The van der Waals surface area contributed by atoms with Crippen molar-refractivity contribution in [2.45, 2.75) is 19.8 Å². The molecule has 0 fully saturated rings. The maximum atomic E-state index is 11.9. The Bertz CT molecular complexity index is 457. The second kappa shape index (κ2) is 5.67. The molecule has 0 saturated heterocycles. The van der Waals surface area contributed by atoms with Crippen molar-refractivity contribution in [2.24, 2.45) is 0 Å². The zero-order valence-corrected chi connectivity index (χ0v) is 10.6. The maximum absolute atomic E-state index is 11.9. The second-order valence-corrected chi connectivity index (χ2v) is 4.42. The van der Waals surface area contributed by atoms with Crippen LogP contribution in [0.1, 0.15) is 30.1 Å². The van der Waals surface area contributed by atoms with Crippen molar-refractivity contribution in [3.05, 3.63) is 29.8 Å². The third kappa shape index (κ3) is 2.70. The number of anilines is 1. The molecule has 0 atom stereocenters. The molecule has 96 valence electrons. The van der Waals surface area contributed by atoms with Gasteiger partial charge in [-0.3, -0.25) is 9.59 Å². The lowest BCUT2D eigenvalue weighted by atomic mass is 10.1. The van der Waals surface area contributed by atoms with E-state index in [1.54, 1.807) is 0 Å². The molecule has 1 aliphatic rings. The van der Waals surface area contributed by atoms with Crippen LogP contribution in [0, 0.1) is 0 Å². The maximum Gasteiger partial charge on any atom is 0.239 e. The molecule has 1 aromatic rings. The predicted molar refractivity (Wildman–Crippen MR) is 70.9 cm³/mol. The number of likely N-dealkylation sites (N-methyl/N-ethyl adjacent to an activating group) is 1. The van der Waals surface area contributed by atoms with Gasteiger partial charge in [-0.05, 0) is 25.5 Å². The van der Waals surface area contributed by atoms with E-state index in [0.717, 1.165) is 24.2 Å². The number of rotatable bonds is 3. The Balaban J connectivity index is 2.23. The Hall–Kier alpha value is -1.84. The normalized spacial score (nSPS) is 14.9. The van der Waals surface area contributed by atoms with Gasteiger partial charge in [0, 0.05) is 30.8 Å². The van der Waals surface area contributed by atoms with Gasteiger partial charge in [0.2, 0.25) is 5.91 Å². The Labute approximate surface area is 107 Å². The molecule has 0 aliphatic carbocycles. The minimum absolute atomic E-state index is 0.00153. The number of nitrogens with zero attached hydrogens (tertiary/aromatic N) is 1. The predicted octanol–water partition coefficient (Wildman–Crippen LogP) is 1.61. The number of benzene rings is 1. The lowest BCUT2D eigenvalue weighted by molar-refractivity contribution is -0.119. The van der Waals surface area contributed by atoms with Gasteiger partial charge in [-0.15, -0.1) is 0 Å². The van der Waals surface area contributed by atoms with Crippen LogP contribution in [-0.4, -0.2) is 31.3 Å². The van der Waals surface area contributed by atoms with Crippen LogP contribution in [0.4, 0.5) is 5.69 Å². The SMILES string of the molecule is CCNC(=O)CN1CCCC(=O)c2ccccc21. The Morgan fingerprint density at radius 3 is 2.94 bits per heavy atom. The van der Waals surface area contributed by atoms with E-state index in [1.165, 1.54) is 0 Å². The molecule has 1 heterocycles. The average Bonchev–Trinajstić information content (AvgIpc) is 2.51. The summed E-state index contributed by atoms with van der Waals surface area (Å²) in [6.45, 7) is 3.60. The molecule has 1 N–H and O–H groups in total. The lowest BCUT2D eigenvalue weighted by Gasteiger charge is -2.23. The van der Waals surface area contributed by atoms with Gasteiger partial charge in [0.05, 0.1) is 6.54 Å². The molecule has 1 aliphatic heterocycles. The van der Waals surface area contributed by atoms with Gasteiger partial charge in [0.25, 0.3) is 0 Å². The van der Waals surface area contributed by atoms with Crippen molar-refractivity contribution >= 4 is 17.4 Å². The Morgan fingerprint density at radius 2 is 2.17 bits per heavy atom. The van der Waals surface area contributed by atoms with Crippen LogP contribution in [0.3, 0.4) is 0 Å². The summed E-state index contributed by atoms with van der Waals surface area (Å²) < 4.78 is 0. The quantitative estimate of drug-likeness (QED) is 0.881. The molecule has 0 bridgehead atoms. The first-order valence-electron chi connectivity index (χ1n) is 6.36. The van der Waals surface area contributed by atoms with Crippen molar-refractivity contribution in [1.29, 1.82) is 0 Å². The fraction of sp³-hybridized carbons (Fsp3) is 0.429. The number of para-hydroxylation sites is 1. The molecule has 0 saturated carbocycles. The summed E-state index contributed by atoms with van der Waals surface area (Å²) in [5.41, 5.74) is 1.62. The number of ketones is 1. The number of hydrogen-bond acceptors (Lipinski definition) is 3. The van der Waals surface area contributed by atoms with Crippen molar-refractivity contribution in [3.63, 3.8) is 0 Å². The first kappa shape index (κ1) is 12.6. The molecule has 0 radical (unpaired) electrons. The van der Waals surface area contributed by atoms with Gasteiger partial charge >= 0.3 is 0 Å². The molecular formula is C14H18N2O2. The minimum atomic E-state index is 0.00153. The summed E-state index contributed by atoms with van der Waals surface area (Å²) >= 11 is 0. The molecule has 0 unspecified atom stereocenters. The number of fused-ring (bicyclic) bond motifs is 1. The first-order chi connectivity index (χ1) is 8.72. The Morgan fingerprint density at radius 1 is 1.39 bits per heavy atom. The smallest absolute Gasteiger partial charge is 0.239 e. The number of amides is 1. The summed E-state index contributed by atoms with van der Waals surface area (Å²) in [5.74, 6) is 0.172. The van der Waals surface area contributed by atoms with Crippen LogP contribution in [0.25, 0.3) is 0 Å². The molecule has 0 spiro atoms. The molecule has 2 rings (SSSR count). The van der Waals surface area contributed by atoms with Gasteiger partial charge in [-0.25, -0.2) is 0 Å². The van der Waals surface area contributed by atoms with E-state index in [2.05, 4.69) is 5.32 Å². The van der Waals surface area contributed by atoms with E-state index >= 15 is 0 Å². The van der Waals surface area contributed by atoms with Gasteiger partial charge in [-0.1, -0.05) is 12.1 Å². The van der Waals surface area contributed by atoms with E-state index in [9.17, 15) is 9.59 Å². The van der Waals surface area contributed by atoms with Gasteiger partial charge in [0.15, 0.2) is 5.78 Å². The fourth-order valence-corrected chi connectivity index (χ4v) is 2.26. The van der Waals surface area contributed by atoms with Crippen molar-refractivity contribution in [2.75, 3.05) is 24.5 Å². The largest absolute Gasteiger partial charge is 0.362 e. The van der Waals surface area contributed by atoms with Crippen LogP contribution in [0.5, 0.6) is 0 Å². The summed E-state index contributed by atoms with van der Waals surface area (Å²) in [6.07, 6.45) is 1.36. The van der Waals surface area contributed by atoms with E-state index < -0.39 is 0 Å². The summed E-state index contributed by atoms with van der Waals surface area (Å²) in [4.78, 5) is 25.6. The first-order valence-corrected chi connectivity index (χ1v) is 6.36. The Kier molecular flexibility index (Phi) is 3.97. The second-order valence-electron chi connectivity index (χ2n) is 4.42. The van der Waals surface area contributed by atoms with Gasteiger partial charge < -0.3 is 10.2 Å². The highest BCUT2D eigenvalue weighted by Crippen LogP contribution is 2.25. The monoisotopic (exact) mass is 246 g/mol. The van der Waals surface area contributed by atoms with E-state index in [4.69, 9.17) is 0 Å². The number of carbonyl (C=O) groups is 2. The van der Waals surface area contributed by atoms with Crippen LogP contribution < -0.4 is 10.2 Å². The van der Waals surface area contributed by atoms with E-state index in [1.807, 2.05) is 36.1 Å². The van der Waals surface area contributed by atoms with Crippen molar-refractivity contribution in [3.8, 4) is 0 Å². The molecule has 4 nitrogen and oxygen atoms in total. The topological polar surface area (TPSA) is 49.4 Å². The summed E-state index contributed by atoms with van der Waals surface area (Å²) in [6, 6.07) is 7.53. The molecule has 4 heteroatoms. The number of hydrogen-bond donors (Lipinski definition) is 1. The van der Waals surface area contributed by atoms with Crippen LogP contribution >= 0.6 is 0 Å². The third-order valence-corrected chi connectivity index (χ3v) is 3.09. The summed E-state index contributed by atoms with van der Waals surface area (Å²) in [7, 11) is 0. The number of carbonyl (C=O) groups excluding carboxylic acids is 2. The molecule has 1 aromatic carbocycles. The van der Waals surface area contributed by atoms with E-state index in [-0.39, 0.29) is 11.7 Å². The molecule has 18 heavy (non-hydrogen) atoms. The van der Waals surface area contributed by atoms with E-state index in [0.29, 0.717) is 19.5 Å². The van der Waals surface area contributed by atoms with Crippen molar-refractivity contribution in [1.82, 2.24) is 5.32 Å². The zero-order chi connectivity index (χ0) is 13.0.